The highest BCUT2D eigenvalue weighted by atomic mass is 19.1. The molecule has 0 aliphatic heterocycles. The zero-order valence-electron chi connectivity index (χ0n) is 9.54. The van der Waals surface area contributed by atoms with Gasteiger partial charge in [0.25, 0.3) is 0 Å². The largest absolute Gasteiger partial charge is 0.370 e. The molecule has 1 aromatic rings. The van der Waals surface area contributed by atoms with E-state index in [1.807, 2.05) is 25.3 Å². The quantitative estimate of drug-likeness (QED) is 0.608. The molecule has 0 fully saturated rings. The number of pyridine rings is 1. The number of alkyl halides is 1. The number of hydrogen-bond acceptors (Lipinski definition) is 4. The molecule has 1 heterocycles. The monoisotopic (exact) mass is 226 g/mol. The lowest BCUT2D eigenvalue weighted by atomic mass is 10.3. The molecule has 0 aliphatic carbocycles. The molecular formula is C11H19FN4. The van der Waals surface area contributed by atoms with E-state index in [9.17, 15) is 4.39 Å². The van der Waals surface area contributed by atoms with Gasteiger partial charge in [0.1, 0.15) is 12.5 Å². The van der Waals surface area contributed by atoms with Crippen LogP contribution in [0.4, 0.5) is 10.2 Å². The molecule has 0 aromatic carbocycles. The van der Waals surface area contributed by atoms with Crippen LogP contribution in [0.1, 0.15) is 12.0 Å². The number of aromatic nitrogens is 1. The molecule has 4 N–H and O–H groups in total. The molecule has 1 rings (SSSR count). The standard InChI is InChI=1S/C11H19FN4/c1-9-2-3-11(16-8-9)15-6-4-10(13)14-7-5-12/h2-3,8,10,14H,4-7,13H2,1H3,(H,15,16). The predicted molar refractivity (Wildman–Crippen MR) is 64.0 cm³/mol. The Hall–Kier alpha value is -1.20. The van der Waals surface area contributed by atoms with Crippen molar-refractivity contribution in [3.8, 4) is 0 Å². The lowest BCUT2D eigenvalue weighted by Gasteiger charge is -2.13. The van der Waals surface area contributed by atoms with Crippen molar-refractivity contribution in [3.63, 3.8) is 0 Å². The summed E-state index contributed by atoms with van der Waals surface area (Å²) in [5.74, 6) is 0.836. The van der Waals surface area contributed by atoms with Crippen molar-refractivity contribution < 1.29 is 4.39 Å². The number of rotatable bonds is 7. The molecule has 4 nitrogen and oxygen atoms in total. The van der Waals surface area contributed by atoms with Gasteiger partial charge in [-0.05, 0) is 25.0 Å². The van der Waals surface area contributed by atoms with Crippen LogP contribution in [0, 0.1) is 6.92 Å². The Morgan fingerprint density at radius 3 is 2.88 bits per heavy atom. The lowest BCUT2D eigenvalue weighted by Crippen LogP contribution is -2.39. The van der Waals surface area contributed by atoms with Gasteiger partial charge in [-0.15, -0.1) is 0 Å². The zero-order chi connectivity index (χ0) is 11.8. The van der Waals surface area contributed by atoms with Gasteiger partial charge in [0.05, 0.1) is 6.17 Å². The summed E-state index contributed by atoms with van der Waals surface area (Å²) in [4.78, 5) is 4.20. The Balaban J connectivity index is 2.17. The van der Waals surface area contributed by atoms with Crippen molar-refractivity contribution in [1.29, 1.82) is 0 Å². The van der Waals surface area contributed by atoms with Crippen molar-refractivity contribution in [2.75, 3.05) is 25.1 Å². The van der Waals surface area contributed by atoms with E-state index in [0.29, 0.717) is 6.54 Å². The second-order valence-corrected chi connectivity index (χ2v) is 3.69. The number of anilines is 1. The molecule has 0 bridgehead atoms. The maximum atomic E-state index is 11.8. The molecule has 0 aliphatic rings. The molecule has 16 heavy (non-hydrogen) atoms. The van der Waals surface area contributed by atoms with Crippen molar-refractivity contribution in [3.05, 3.63) is 23.9 Å². The molecule has 0 radical (unpaired) electrons. The molecule has 90 valence electrons. The number of nitrogens with zero attached hydrogens (tertiary/aromatic N) is 1. The summed E-state index contributed by atoms with van der Waals surface area (Å²) in [5.41, 5.74) is 6.84. The second-order valence-electron chi connectivity index (χ2n) is 3.69. The molecule has 0 saturated carbocycles. The number of hydrogen-bond donors (Lipinski definition) is 3. The molecule has 0 saturated heterocycles. The maximum Gasteiger partial charge on any atom is 0.125 e. The number of aryl methyl sites for hydroxylation is 1. The second kappa shape index (κ2) is 7.14. The Bertz CT molecular complexity index is 289. The van der Waals surface area contributed by atoms with Crippen LogP contribution in [0.2, 0.25) is 0 Å². The summed E-state index contributed by atoms with van der Waals surface area (Å²) >= 11 is 0. The van der Waals surface area contributed by atoms with Crippen molar-refractivity contribution in [2.45, 2.75) is 19.5 Å². The molecular weight excluding hydrogens is 207 g/mol. The number of nitrogens with one attached hydrogen (secondary N) is 2. The van der Waals surface area contributed by atoms with Crippen LogP contribution in [0.5, 0.6) is 0 Å². The number of nitrogens with two attached hydrogens (primary N) is 1. The van der Waals surface area contributed by atoms with E-state index >= 15 is 0 Å². The van der Waals surface area contributed by atoms with Gasteiger partial charge >= 0.3 is 0 Å². The van der Waals surface area contributed by atoms with E-state index in [4.69, 9.17) is 5.73 Å². The molecule has 1 aromatic heterocycles. The van der Waals surface area contributed by atoms with Gasteiger partial charge in [0, 0.05) is 19.3 Å². The first kappa shape index (κ1) is 12.9. The summed E-state index contributed by atoms with van der Waals surface area (Å²) in [6, 6.07) is 3.92. The van der Waals surface area contributed by atoms with Crippen LogP contribution in [-0.4, -0.2) is 30.9 Å². The summed E-state index contributed by atoms with van der Waals surface area (Å²) in [7, 11) is 0. The van der Waals surface area contributed by atoms with E-state index in [1.165, 1.54) is 0 Å². The van der Waals surface area contributed by atoms with Crippen molar-refractivity contribution in [2.24, 2.45) is 5.73 Å². The Morgan fingerprint density at radius 1 is 1.44 bits per heavy atom. The fourth-order valence-electron chi connectivity index (χ4n) is 1.27. The van der Waals surface area contributed by atoms with Gasteiger partial charge in [-0.2, -0.15) is 0 Å². The minimum Gasteiger partial charge on any atom is -0.370 e. The van der Waals surface area contributed by atoms with Crippen LogP contribution in [0.15, 0.2) is 18.3 Å². The summed E-state index contributed by atoms with van der Waals surface area (Å²) in [5, 5.41) is 6.02. The van der Waals surface area contributed by atoms with Gasteiger partial charge in [0.15, 0.2) is 0 Å². The SMILES string of the molecule is Cc1ccc(NCCC(N)NCCF)nc1. The van der Waals surface area contributed by atoms with Gasteiger partial charge in [0.2, 0.25) is 0 Å². The molecule has 0 spiro atoms. The van der Waals surface area contributed by atoms with Crippen molar-refractivity contribution in [1.82, 2.24) is 10.3 Å². The first-order valence-corrected chi connectivity index (χ1v) is 5.44. The van der Waals surface area contributed by atoms with Gasteiger partial charge in [-0.1, -0.05) is 6.07 Å². The van der Waals surface area contributed by atoms with Gasteiger partial charge in [-0.25, -0.2) is 9.37 Å². The van der Waals surface area contributed by atoms with Crippen LogP contribution in [-0.2, 0) is 0 Å². The van der Waals surface area contributed by atoms with E-state index in [0.717, 1.165) is 24.3 Å². The maximum absolute atomic E-state index is 11.8. The summed E-state index contributed by atoms with van der Waals surface area (Å²) < 4.78 is 11.8. The van der Waals surface area contributed by atoms with Crippen LogP contribution in [0.3, 0.4) is 0 Å². The van der Waals surface area contributed by atoms with Crippen LogP contribution >= 0.6 is 0 Å². The Kier molecular flexibility index (Phi) is 5.74. The highest BCUT2D eigenvalue weighted by Crippen LogP contribution is 2.03. The fourth-order valence-corrected chi connectivity index (χ4v) is 1.27. The van der Waals surface area contributed by atoms with E-state index < -0.39 is 0 Å². The molecule has 1 atom stereocenters. The van der Waals surface area contributed by atoms with E-state index in [2.05, 4.69) is 15.6 Å². The first-order chi connectivity index (χ1) is 7.72. The van der Waals surface area contributed by atoms with E-state index in [1.54, 1.807) is 0 Å². The average Bonchev–Trinajstić information content (AvgIpc) is 2.29. The molecule has 1 unspecified atom stereocenters. The highest BCUT2D eigenvalue weighted by Gasteiger charge is 2.00. The smallest absolute Gasteiger partial charge is 0.125 e. The van der Waals surface area contributed by atoms with Gasteiger partial charge in [-0.3, -0.25) is 5.32 Å². The Labute approximate surface area is 95.4 Å². The third kappa shape index (κ3) is 5.04. The third-order valence-corrected chi connectivity index (χ3v) is 2.17. The molecule has 0 amide bonds. The molecule has 5 heteroatoms. The van der Waals surface area contributed by atoms with E-state index in [-0.39, 0.29) is 12.8 Å². The summed E-state index contributed by atoms with van der Waals surface area (Å²) in [6.45, 7) is 2.63. The topological polar surface area (TPSA) is 63.0 Å². The average molecular weight is 226 g/mol. The predicted octanol–water partition coefficient (Wildman–Crippen LogP) is 1.04. The van der Waals surface area contributed by atoms with Crippen molar-refractivity contribution >= 4 is 5.82 Å². The fraction of sp³-hybridized carbons (Fsp3) is 0.545. The lowest BCUT2D eigenvalue weighted by molar-refractivity contribution is 0.425. The first-order valence-electron chi connectivity index (χ1n) is 5.44. The van der Waals surface area contributed by atoms with Crippen LogP contribution < -0.4 is 16.4 Å². The number of halogens is 1. The minimum atomic E-state index is -0.388. The third-order valence-electron chi connectivity index (χ3n) is 2.17. The Morgan fingerprint density at radius 2 is 2.25 bits per heavy atom. The zero-order valence-corrected chi connectivity index (χ0v) is 9.54. The van der Waals surface area contributed by atoms with Crippen LogP contribution in [0.25, 0.3) is 0 Å². The normalized spacial score (nSPS) is 12.4. The minimum absolute atomic E-state index is 0.173. The van der Waals surface area contributed by atoms with Gasteiger partial charge < -0.3 is 11.1 Å². The summed E-state index contributed by atoms with van der Waals surface area (Å²) in [6.07, 6.45) is 2.37. The highest BCUT2D eigenvalue weighted by molar-refractivity contribution is 5.34.